The summed E-state index contributed by atoms with van der Waals surface area (Å²) in [6.07, 6.45) is 11.3. The normalized spacial score (nSPS) is 18.6. The molecule has 2 aliphatic carbocycles. The maximum absolute atomic E-state index is 13.0. The molecule has 0 spiro atoms. The van der Waals surface area contributed by atoms with Crippen LogP contribution in [0, 0.1) is 0 Å². The molecule has 25 heavy (non-hydrogen) atoms. The van der Waals surface area contributed by atoms with Gasteiger partial charge in [0.15, 0.2) is 11.5 Å². The predicted octanol–water partition coefficient (Wildman–Crippen LogP) is 5.27. The second-order valence-electron chi connectivity index (χ2n) is 7.24. The minimum absolute atomic E-state index is 0.0395. The summed E-state index contributed by atoms with van der Waals surface area (Å²) in [6.45, 7) is 0. The lowest BCUT2D eigenvalue weighted by Gasteiger charge is -2.14. The van der Waals surface area contributed by atoms with E-state index in [0.717, 1.165) is 37.0 Å². The second-order valence-corrected chi connectivity index (χ2v) is 7.24. The van der Waals surface area contributed by atoms with Gasteiger partial charge in [-0.3, -0.25) is 9.59 Å². The van der Waals surface area contributed by atoms with Crippen LogP contribution < -0.4 is 0 Å². The van der Waals surface area contributed by atoms with Crippen molar-refractivity contribution in [3.8, 4) is 0 Å². The van der Waals surface area contributed by atoms with Crippen molar-refractivity contribution in [2.45, 2.75) is 64.2 Å². The Morgan fingerprint density at radius 2 is 1.24 bits per heavy atom. The molecule has 0 N–H and O–H groups in total. The van der Waals surface area contributed by atoms with Crippen LogP contribution in [-0.2, 0) is 12.8 Å². The lowest BCUT2D eigenvalue weighted by atomic mass is 9.85. The van der Waals surface area contributed by atoms with E-state index >= 15 is 0 Å². The van der Waals surface area contributed by atoms with Gasteiger partial charge in [-0.15, -0.1) is 0 Å². The molecule has 2 aliphatic rings. The minimum atomic E-state index is -0.137. The lowest BCUT2D eigenvalue weighted by Crippen LogP contribution is -2.20. The van der Waals surface area contributed by atoms with Crippen molar-refractivity contribution < 1.29 is 14.0 Å². The van der Waals surface area contributed by atoms with Gasteiger partial charge < -0.3 is 4.42 Å². The fourth-order valence-electron chi connectivity index (χ4n) is 4.16. The molecule has 4 rings (SSSR count). The molecule has 3 heteroatoms. The molecule has 0 unspecified atom stereocenters. The zero-order valence-electron chi connectivity index (χ0n) is 14.6. The smallest absolute Gasteiger partial charge is 0.229 e. The van der Waals surface area contributed by atoms with Crippen molar-refractivity contribution in [2.24, 2.45) is 0 Å². The van der Waals surface area contributed by atoms with Crippen LogP contribution >= 0.6 is 0 Å². The maximum atomic E-state index is 13.0. The van der Waals surface area contributed by atoms with Crippen LogP contribution in [0.1, 0.15) is 94.7 Å². The SMILES string of the molecule is O=C1c2ccccc2C(=O)c2c1oc1c2CCCCCCCCCC1. The number of carbonyl (C=O) groups excluding carboxylic acids is 2. The summed E-state index contributed by atoms with van der Waals surface area (Å²) in [5.41, 5.74) is 2.55. The molecule has 0 amide bonds. The van der Waals surface area contributed by atoms with Crippen LogP contribution in [0.5, 0.6) is 0 Å². The van der Waals surface area contributed by atoms with Gasteiger partial charge in [-0.25, -0.2) is 0 Å². The van der Waals surface area contributed by atoms with Gasteiger partial charge in [-0.1, -0.05) is 62.8 Å². The van der Waals surface area contributed by atoms with Gasteiger partial charge in [-0.2, -0.15) is 0 Å². The molecule has 2 aromatic rings. The van der Waals surface area contributed by atoms with Gasteiger partial charge in [0.25, 0.3) is 0 Å². The Morgan fingerprint density at radius 1 is 0.680 bits per heavy atom. The first-order valence-electron chi connectivity index (χ1n) is 9.60. The van der Waals surface area contributed by atoms with Gasteiger partial charge in [0.2, 0.25) is 5.78 Å². The van der Waals surface area contributed by atoms with E-state index < -0.39 is 0 Å². The average Bonchev–Trinajstić information content (AvgIpc) is 2.98. The Morgan fingerprint density at radius 3 is 1.92 bits per heavy atom. The summed E-state index contributed by atoms with van der Waals surface area (Å²) < 4.78 is 6.00. The molecule has 0 atom stereocenters. The quantitative estimate of drug-likeness (QED) is 0.561. The van der Waals surface area contributed by atoms with E-state index in [1.165, 1.54) is 38.5 Å². The number of ketones is 2. The van der Waals surface area contributed by atoms with Crippen molar-refractivity contribution >= 4 is 11.6 Å². The number of rotatable bonds is 0. The third kappa shape index (κ3) is 2.97. The summed E-state index contributed by atoms with van der Waals surface area (Å²) >= 11 is 0. The highest BCUT2D eigenvalue weighted by atomic mass is 16.4. The van der Waals surface area contributed by atoms with Crippen molar-refractivity contribution in [1.82, 2.24) is 0 Å². The van der Waals surface area contributed by atoms with E-state index in [9.17, 15) is 9.59 Å². The number of benzene rings is 1. The van der Waals surface area contributed by atoms with E-state index in [-0.39, 0.29) is 17.3 Å². The highest BCUT2D eigenvalue weighted by Gasteiger charge is 2.36. The highest BCUT2D eigenvalue weighted by molar-refractivity contribution is 6.28. The van der Waals surface area contributed by atoms with Crippen LogP contribution in [0.15, 0.2) is 28.7 Å². The van der Waals surface area contributed by atoms with Crippen molar-refractivity contribution in [2.75, 3.05) is 0 Å². The van der Waals surface area contributed by atoms with E-state index in [4.69, 9.17) is 4.42 Å². The Hall–Kier alpha value is -2.16. The average molecular weight is 336 g/mol. The van der Waals surface area contributed by atoms with Gasteiger partial charge in [0, 0.05) is 23.1 Å². The second kappa shape index (κ2) is 6.99. The zero-order valence-corrected chi connectivity index (χ0v) is 14.6. The molecule has 0 aliphatic heterocycles. The summed E-state index contributed by atoms with van der Waals surface area (Å²) in [6, 6.07) is 7.10. The van der Waals surface area contributed by atoms with E-state index in [0.29, 0.717) is 16.7 Å². The molecule has 0 fully saturated rings. The predicted molar refractivity (Wildman–Crippen MR) is 96.4 cm³/mol. The first-order chi connectivity index (χ1) is 12.3. The molecule has 0 saturated carbocycles. The van der Waals surface area contributed by atoms with Gasteiger partial charge in [0.05, 0.1) is 5.56 Å². The fraction of sp³-hybridized carbons (Fsp3) is 0.455. The fourth-order valence-corrected chi connectivity index (χ4v) is 4.16. The number of furan rings is 1. The number of carbonyl (C=O) groups is 2. The molecular weight excluding hydrogens is 312 g/mol. The van der Waals surface area contributed by atoms with Crippen molar-refractivity contribution in [1.29, 1.82) is 0 Å². The van der Waals surface area contributed by atoms with Crippen molar-refractivity contribution in [3.63, 3.8) is 0 Å². The Kier molecular flexibility index (Phi) is 4.56. The molecule has 0 radical (unpaired) electrons. The third-order valence-electron chi connectivity index (χ3n) is 5.52. The molecular formula is C22H24O3. The van der Waals surface area contributed by atoms with E-state index in [2.05, 4.69) is 0 Å². The van der Waals surface area contributed by atoms with Gasteiger partial charge >= 0.3 is 0 Å². The van der Waals surface area contributed by atoms with Crippen LogP contribution in [-0.4, -0.2) is 11.6 Å². The molecule has 3 nitrogen and oxygen atoms in total. The molecule has 1 aromatic heterocycles. The summed E-state index contributed by atoms with van der Waals surface area (Å²) in [5.74, 6) is 0.980. The first-order valence-corrected chi connectivity index (χ1v) is 9.60. The van der Waals surface area contributed by atoms with Crippen LogP contribution in [0.3, 0.4) is 0 Å². The molecule has 1 heterocycles. The van der Waals surface area contributed by atoms with Gasteiger partial charge in [0.1, 0.15) is 5.76 Å². The van der Waals surface area contributed by atoms with Crippen LogP contribution in [0.25, 0.3) is 0 Å². The molecule has 130 valence electrons. The van der Waals surface area contributed by atoms with E-state index in [1.54, 1.807) is 18.2 Å². The largest absolute Gasteiger partial charge is 0.456 e. The standard InChI is InChI=1S/C22H24O3/c23-20-15-11-9-10-12-16(15)21(24)22-19(20)17-13-7-5-3-1-2-4-6-8-14-18(17)25-22/h9-12H,1-8,13-14H2. The van der Waals surface area contributed by atoms with E-state index in [1.807, 2.05) is 6.07 Å². The lowest BCUT2D eigenvalue weighted by molar-refractivity contribution is 0.0959. The number of aryl methyl sites for hydroxylation is 1. The van der Waals surface area contributed by atoms with Crippen molar-refractivity contribution in [3.05, 3.63) is 58.0 Å². The molecule has 1 aromatic carbocycles. The minimum Gasteiger partial charge on any atom is -0.456 e. The third-order valence-corrected chi connectivity index (χ3v) is 5.52. The summed E-state index contributed by atoms with van der Waals surface area (Å²) in [7, 11) is 0. The number of hydrogen-bond donors (Lipinski definition) is 0. The Labute approximate surface area is 148 Å². The topological polar surface area (TPSA) is 47.3 Å². The maximum Gasteiger partial charge on any atom is 0.229 e. The highest BCUT2D eigenvalue weighted by Crippen LogP contribution is 2.35. The van der Waals surface area contributed by atoms with Crippen LogP contribution in [0.2, 0.25) is 0 Å². The zero-order chi connectivity index (χ0) is 17.2. The number of hydrogen-bond acceptors (Lipinski definition) is 3. The summed E-state index contributed by atoms with van der Waals surface area (Å²) in [4.78, 5) is 25.9. The summed E-state index contributed by atoms with van der Waals surface area (Å²) in [5, 5.41) is 0. The Balaban J connectivity index is 1.75. The van der Waals surface area contributed by atoms with Crippen LogP contribution in [0.4, 0.5) is 0 Å². The first kappa shape index (κ1) is 16.3. The van der Waals surface area contributed by atoms with Gasteiger partial charge in [-0.05, 0) is 19.3 Å². The molecule has 0 bridgehead atoms. The Bertz CT molecular complexity index is 813. The molecule has 0 saturated heterocycles. The number of fused-ring (bicyclic) bond motifs is 4. The monoisotopic (exact) mass is 336 g/mol.